The van der Waals surface area contributed by atoms with Gasteiger partial charge in [0.15, 0.2) is 5.78 Å². The zero-order chi connectivity index (χ0) is 20.3. The molecule has 0 amide bonds. The lowest BCUT2D eigenvalue weighted by Gasteiger charge is -2.74. The Balaban J connectivity index is 1.79. The standard InChI is InChI=1S/C21H30O6S/c1-18(2)7-6-13(22)19-9-27-21(26,17(25)14(18)19)20-12(19)5-4-10(15(20)23)11(8-28-3)16(20)24/h8,10,12-15,17,22-23,25-26H,4-7,9H2,1-3H3/b11-8-/t10-,12-,13-,14+,15+,17-,19+,20+,21+/m0/s1. The molecule has 0 unspecified atom stereocenters. The molecule has 2 spiro atoms. The molecule has 2 saturated heterocycles. The lowest BCUT2D eigenvalue weighted by atomic mass is 9.35. The Morgan fingerprint density at radius 2 is 1.86 bits per heavy atom. The highest BCUT2D eigenvalue weighted by Crippen LogP contribution is 2.76. The van der Waals surface area contributed by atoms with Crippen LogP contribution in [0, 0.1) is 34.0 Å². The Kier molecular flexibility index (Phi) is 3.92. The van der Waals surface area contributed by atoms with E-state index in [9.17, 15) is 25.2 Å². The van der Waals surface area contributed by atoms with Crippen molar-refractivity contribution >= 4 is 17.5 Å². The van der Waals surface area contributed by atoms with E-state index >= 15 is 0 Å². The second-order valence-electron chi connectivity index (χ2n) is 10.3. The number of carbonyl (C=O) groups excluding carboxylic acids is 1. The molecular formula is C21H30O6S. The maximum absolute atomic E-state index is 13.7. The fourth-order valence-corrected chi connectivity index (χ4v) is 8.64. The van der Waals surface area contributed by atoms with Gasteiger partial charge in [-0.05, 0) is 48.7 Å². The molecule has 4 aliphatic carbocycles. The second-order valence-corrected chi connectivity index (χ2v) is 11.0. The fraction of sp³-hybridized carbons (Fsp3) is 0.857. The average Bonchev–Trinajstić information content (AvgIpc) is 2.76. The third kappa shape index (κ3) is 1.76. The number of hydrogen-bond donors (Lipinski definition) is 4. The lowest BCUT2D eigenvalue weighted by molar-refractivity contribution is -0.458. The molecule has 4 N–H and O–H groups in total. The van der Waals surface area contributed by atoms with Gasteiger partial charge >= 0.3 is 0 Å². The molecule has 6 fully saturated rings. The Bertz CT molecular complexity index is 766. The summed E-state index contributed by atoms with van der Waals surface area (Å²) in [5.41, 5.74) is -2.25. The van der Waals surface area contributed by atoms with Crippen molar-refractivity contribution in [3.05, 3.63) is 11.0 Å². The summed E-state index contributed by atoms with van der Waals surface area (Å²) in [6.45, 7) is 4.22. The molecule has 156 valence electrons. The molecule has 0 aromatic heterocycles. The lowest BCUT2D eigenvalue weighted by Crippen LogP contribution is -2.85. The van der Waals surface area contributed by atoms with Gasteiger partial charge in [0.25, 0.3) is 0 Å². The summed E-state index contributed by atoms with van der Waals surface area (Å²) >= 11 is 1.40. The molecule has 4 saturated carbocycles. The second kappa shape index (κ2) is 5.62. The van der Waals surface area contributed by atoms with Gasteiger partial charge in [0.1, 0.15) is 11.5 Å². The van der Waals surface area contributed by atoms with Crippen molar-refractivity contribution in [1.82, 2.24) is 0 Å². The van der Waals surface area contributed by atoms with E-state index in [0.717, 1.165) is 6.42 Å². The van der Waals surface area contributed by atoms with Crippen molar-refractivity contribution in [1.29, 1.82) is 0 Å². The topological polar surface area (TPSA) is 107 Å². The van der Waals surface area contributed by atoms with Gasteiger partial charge in [-0.2, -0.15) is 0 Å². The molecule has 28 heavy (non-hydrogen) atoms. The summed E-state index contributed by atoms with van der Waals surface area (Å²) in [6.07, 6.45) is 1.22. The van der Waals surface area contributed by atoms with Crippen LogP contribution in [0.25, 0.3) is 0 Å². The first-order valence-corrected chi connectivity index (χ1v) is 11.6. The summed E-state index contributed by atoms with van der Waals surface area (Å²) < 4.78 is 5.89. The first-order valence-electron chi connectivity index (χ1n) is 10.3. The minimum absolute atomic E-state index is 0.106. The summed E-state index contributed by atoms with van der Waals surface area (Å²) in [5, 5.41) is 47.6. The maximum atomic E-state index is 13.7. The molecule has 6 nitrogen and oxygen atoms in total. The molecular weight excluding hydrogens is 380 g/mol. The highest BCUT2D eigenvalue weighted by molar-refractivity contribution is 8.01. The monoisotopic (exact) mass is 410 g/mol. The molecule has 2 aliphatic heterocycles. The van der Waals surface area contributed by atoms with E-state index < -0.39 is 46.8 Å². The van der Waals surface area contributed by atoms with Crippen molar-refractivity contribution in [3.63, 3.8) is 0 Å². The maximum Gasteiger partial charge on any atom is 0.208 e. The fourth-order valence-electron chi connectivity index (χ4n) is 8.10. The number of carbonyl (C=O) groups is 1. The highest BCUT2D eigenvalue weighted by atomic mass is 32.2. The van der Waals surface area contributed by atoms with Crippen molar-refractivity contribution < 1.29 is 30.0 Å². The van der Waals surface area contributed by atoms with Gasteiger partial charge in [0.2, 0.25) is 5.79 Å². The first-order chi connectivity index (χ1) is 13.1. The van der Waals surface area contributed by atoms with Crippen LogP contribution in [-0.2, 0) is 9.53 Å². The highest BCUT2D eigenvalue weighted by Gasteiger charge is 2.86. The number of aliphatic hydroxyl groups excluding tert-OH is 3. The Hall–Kier alpha value is -0.440. The zero-order valence-electron chi connectivity index (χ0n) is 16.6. The number of ketones is 1. The van der Waals surface area contributed by atoms with Crippen LogP contribution in [-0.4, -0.2) is 63.2 Å². The SMILES string of the molecule is CS/C=C1\C(=O)[C@]23[C@H](O)[C@H]1CC[C@H]2[C@@]12CO[C@]3(O)[C@@H](O)[C@@H]1C(C)(C)CC[C@@H]2O. The summed E-state index contributed by atoms with van der Waals surface area (Å²) in [4.78, 5) is 13.7. The Morgan fingerprint density at radius 3 is 2.54 bits per heavy atom. The predicted octanol–water partition coefficient (Wildman–Crippen LogP) is 1.07. The largest absolute Gasteiger partial charge is 0.392 e. The Labute approximate surface area is 169 Å². The molecule has 6 aliphatic rings. The van der Waals surface area contributed by atoms with Crippen LogP contribution >= 0.6 is 11.8 Å². The van der Waals surface area contributed by atoms with Gasteiger partial charge in [-0.3, -0.25) is 4.79 Å². The summed E-state index contributed by atoms with van der Waals surface area (Å²) in [6, 6.07) is 0. The minimum Gasteiger partial charge on any atom is -0.392 e. The number of thioether (sulfide) groups is 1. The van der Waals surface area contributed by atoms with E-state index in [1.807, 2.05) is 6.26 Å². The summed E-state index contributed by atoms with van der Waals surface area (Å²) in [7, 11) is 0. The third-order valence-corrected chi connectivity index (χ3v) is 9.54. The van der Waals surface area contributed by atoms with E-state index in [1.54, 1.807) is 5.41 Å². The van der Waals surface area contributed by atoms with Gasteiger partial charge in [-0.15, -0.1) is 11.8 Å². The van der Waals surface area contributed by atoms with Crippen molar-refractivity contribution in [3.8, 4) is 0 Å². The summed E-state index contributed by atoms with van der Waals surface area (Å²) in [5.74, 6) is -3.63. The number of fused-ring (bicyclic) bond motifs is 2. The van der Waals surface area contributed by atoms with E-state index in [0.29, 0.717) is 24.8 Å². The molecule has 9 atom stereocenters. The molecule has 7 heteroatoms. The smallest absolute Gasteiger partial charge is 0.208 e. The molecule has 6 rings (SSSR count). The van der Waals surface area contributed by atoms with Crippen LogP contribution < -0.4 is 0 Å². The number of rotatable bonds is 1. The average molecular weight is 411 g/mol. The quantitative estimate of drug-likeness (QED) is 0.479. The van der Waals surface area contributed by atoms with E-state index in [2.05, 4.69) is 13.8 Å². The van der Waals surface area contributed by atoms with Crippen LogP contribution in [0.4, 0.5) is 0 Å². The van der Waals surface area contributed by atoms with E-state index in [1.165, 1.54) is 11.8 Å². The number of Topliss-reactive ketones (excluding diaryl/α,β-unsaturated/α-hetero) is 1. The van der Waals surface area contributed by atoms with Crippen LogP contribution in [0.5, 0.6) is 0 Å². The van der Waals surface area contributed by atoms with Crippen LogP contribution in [0.2, 0.25) is 0 Å². The van der Waals surface area contributed by atoms with Gasteiger partial charge in [0, 0.05) is 22.8 Å². The van der Waals surface area contributed by atoms with Gasteiger partial charge in [-0.1, -0.05) is 13.8 Å². The number of ether oxygens (including phenoxy) is 1. The third-order valence-electron chi connectivity index (χ3n) is 9.05. The predicted molar refractivity (Wildman–Crippen MR) is 103 cm³/mol. The van der Waals surface area contributed by atoms with Crippen LogP contribution in [0.15, 0.2) is 11.0 Å². The zero-order valence-corrected chi connectivity index (χ0v) is 17.4. The van der Waals surface area contributed by atoms with Crippen molar-refractivity contribution in [2.45, 2.75) is 63.6 Å². The Morgan fingerprint density at radius 1 is 1.14 bits per heavy atom. The normalized spacial score (nSPS) is 58.0. The molecule has 4 bridgehead atoms. The number of aliphatic hydroxyl groups is 4. The van der Waals surface area contributed by atoms with Crippen LogP contribution in [0.1, 0.15) is 39.5 Å². The molecule has 0 aromatic rings. The van der Waals surface area contributed by atoms with Gasteiger partial charge < -0.3 is 25.2 Å². The first kappa shape index (κ1) is 19.5. The van der Waals surface area contributed by atoms with E-state index in [-0.39, 0.29) is 23.7 Å². The van der Waals surface area contributed by atoms with Gasteiger partial charge in [0.05, 0.1) is 18.8 Å². The van der Waals surface area contributed by atoms with Crippen molar-refractivity contribution in [2.75, 3.05) is 12.9 Å². The molecule has 0 radical (unpaired) electrons. The van der Waals surface area contributed by atoms with E-state index in [4.69, 9.17) is 4.74 Å². The molecule has 0 aromatic carbocycles. The minimum atomic E-state index is -2.14. The van der Waals surface area contributed by atoms with Gasteiger partial charge in [-0.25, -0.2) is 0 Å². The van der Waals surface area contributed by atoms with Crippen molar-refractivity contribution in [2.24, 2.45) is 34.0 Å². The molecule has 2 heterocycles. The number of hydrogen-bond acceptors (Lipinski definition) is 7. The van der Waals surface area contributed by atoms with Crippen LogP contribution in [0.3, 0.4) is 0 Å².